The largest absolute Gasteiger partial charge is 0.444 e. The predicted molar refractivity (Wildman–Crippen MR) is 102 cm³/mol. The van der Waals surface area contributed by atoms with Crippen LogP contribution in [0.4, 0.5) is 4.79 Å². The molecule has 0 bridgehead atoms. The molecule has 2 atom stereocenters. The fraction of sp³-hybridized carbons (Fsp3) is 0.667. The minimum absolute atomic E-state index is 0.0155. The molecule has 2 rings (SSSR count). The lowest BCUT2D eigenvalue weighted by Crippen LogP contribution is -2.44. The number of hydrogen-bond acceptors (Lipinski definition) is 4. The van der Waals surface area contributed by atoms with Crippen molar-refractivity contribution in [1.82, 2.24) is 4.90 Å². The van der Waals surface area contributed by atoms with Crippen LogP contribution in [-0.2, 0) is 14.2 Å². The highest BCUT2D eigenvalue weighted by Crippen LogP contribution is 2.33. The van der Waals surface area contributed by atoms with Gasteiger partial charge in [-0.2, -0.15) is 0 Å². The van der Waals surface area contributed by atoms with Crippen LogP contribution in [0.3, 0.4) is 0 Å². The number of methoxy groups -OCH3 is 1. The molecule has 1 saturated heterocycles. The molecule has 0 radical (unpaired) electrons. The van der Waals surface area contributed by atoms with E-state index in [0.717, 1.165) is 25.8 Å². The first-order chi connectivity index (χ1) is 12.4. The Morgan fingerprint density at radius 1 is 1.23 bits per heavy atom. The van der Waals surface area contributed by atoms with E-state index in [0.29, 0.717) is 19.8 Å². The van der Waals surface area contributed by atoms with Gasteiger partial charge in [0.2, 0.25) is 0 Å². The summed E-state index contributed by atoms with van der Waals surface area (Å²) in [6, 6.07) is 10.3. The highest BCUT2D eigenvalue weighted by molar-refractivity contribution is 5.68. The summed E-state index contributed by atoms with van der Waals surface area (Å²) in [4.78, 5) is 14.3. The minimum atomic E-state index is -0.473. The van der Waals surface area contributed by atoms with Crippen LogP contribution in [0.1, 0.15) is 51.7 Å². The molecule has 0 aliphatic carbocycles. The Hall–Kier alpha value is -1.59. The minimum Gasteiger partial charge on any atom is -0.444 e. The normalized spacial score (nSPS) is 19.2. The van der Waals surface area contributed by atoms with Gasteiger partial charge in [0, 0.05) is 39.3 Å². The number of amides is 1. The second-order valence-corrected chi connectivity index (χ2v) is 7.88. The molecule has 1 aliphatic heterocycles. The summed E-state index contributed by atoms with van der Waals surface area (Å²) >= 11 is 0. The van der Waals surface area contributed by atoms with Gasteiger partial charge in [-0.25, -0.2) is 4.79 Å². The first kappa shape index (κ1) is 20.7. The van der Waals surface area contributed by atoms with Crippen LogP contribution >= 0.6 is 0 Å². The van der Waals surface area contributed by atoms with E-state index in [-0.39, 0.29) is 18.1 Å². The van der Waals surface area contributed by atoms with Crippen LogP contribution in [-0.4, -0.2) is 50.0 Å². The third-order valence-corrected chi connectivity index (χ3v) is 4.46. The van der Waals surface area contributed by atoms with Crippen LogP contribution in [0.15, 0.2) is 30.3 Å². The molecule has 1 aliphatic rings. The monoisotopic (exact) mass is 363 g/mol. The summed E-state index contributed by atoms with van der Waals surface area (Å²) in [7, 11) is 1.70. The number of hydrogen-bond donors (Lipinski definition) is 0. The van der Waals surface area contributed by atoms with Gasteiger partial charge in [0.1, 0.15) is 5.60 Å². The van der Waals surface area contributed by atoms with E-state index in [1.54, 1.807) is 7.11 Å². The molecule has 146 valence electrons. The lowest BCUT2D eigenvalue weighted by atomic mass is 9.88. The standard InChI is InChI=1S/C21H33NO4/c1-21(2,3)26-20(23)22-13-8-12-18(16-22)19(25-15-9-14-24-4)17-10-6-5-7-11-17/h5-7,10-11,18-19H,8-9,12-16H2,1-4H3/t18?,19-/m0/s1. The maximum Gasteiger partial charge on any atom is 0.410 e. The third kappa shape index (κ3) is 6.61. The van der Waals surface area contributed by atoms with Crippen molar-refractivity contribution >= 4 is 6.09 Å². The maximum atomic E-state index is 12.5. The molecule has 1 amide bonds. The molecular formula is C21H33NO4. The number of benzene rings is 1. The molecule has 1 fully saturated rings. The van der Waals surface area contributed by atoms with Crippen molar-refractivity contribution < 1.29 is 19.0 Å². The average molecular weight is 363 g/mol. The highest BCUT2D eigenvalue weighted by Gasteiger charge is 2.32. The maximum absolute atomic E-state index is 12.5. The molecule has 1 heterocycles. The van der Waals surface area contributed by atoms with Gasteiger partial charge in [0.25, 0.3) is 0 Å². The molecule has 0 spiro atoms. The van der Waals surface area contributed by atoms with Crippen molar-refractivity contribution in [3.8, 4) is 0 Å². The predicted octanol–water partition coefficient (Wildman–Crippen LogP) is 4.43. The van der Waals surface area contributed by atoms with Crippen LogP contribution < -0.4 is 0 Å². The van der Waals surface area contributed by atoms with Gasteiger partial charge in [-0.1, -0.05) is 30.3 Å². The Labute approximate surface area is 157 Å². The Balaban J connectivity index is 2.04. The second kappa shape index (κ2) is 9.93. The second-order valence-electron chi connectivity index (χ2n) is 7.88. The van der Waals surface area contributed by atoms with Gasteiger partial charge in [-0.3, -0.25) is 0 Å². The fourth-order valence-electron chi connectivity index (χ4n) is 3.31. The quantitative estimate of drug-likeness (QED) is 0.673. The van der Waals surface area contributed by atoms with Gasteiger partial charge in [-0.05, 0) is 45.6 Å². The van der Waals surface area contributed by atoms with Crippen molar-refractivity contribution in [1.29, 1.82) is 0 Å². The van der Waals surface area contributed by atoms with Crippen molar-refractivity contribution in [3.05, 3.63) is 35.9 Å². The van der Waals surface area contributed by atoms with Crippen LogP contribution in [0.5, 0.6) is 0 Å². The molecule has 0 saturated carbocycles. The zero-order chi connectivity index (χ0) is 19.0. The summed E-state index contributed by atoms with van der Waals surface area (Å²) in [5.74, 6) is 0.265. The van der Waals surface area contributed by atoms with E-state index in [4.69, 9.17) is 14.2 Å². The molecule has 1 aromatic carbocycles. The first-order valence-electron chi connectivity index (χ1n) is 9.54. The zero-order valence-corrected chi connectivity index (χ0v) is 16.6. The van der Waals surface area contributed by atoms with Crippen LogP contribution in [0, 0.1) is 5.92 Å². The van der Waals surface area contributed by atoms with Gasteiger partial charge in [0.05, 0.1) is 6.10 Å². The number of nitrogens with zero attached hydrogens (tertiary/aromatic N) is 1. The van der Waals surface area contributed by atoms with E-state index < -0.39 is 5.60 Å². The Kier molecular flexibility index (Phi) is 7.91. The van der Waals surface area contributed by atoms with E-state index in [1.165, 1.54) is 5.56 Å². The molecule has 0 aromatic heterocycles. The first-order valence-corrected chi connectivity index (χ1v) is 9.54. The smallest absolute Gasteiger partial charge is 0.410 e. The zero-order valence-electron chi connectivity index (χ0n) is 16.6. The van der Waals surface area contributed by atoms with Crippen molar-refractivity contribution in [2.24, 2.45) is 5.92 Å². The van der Waals surface area contributed by atoms with E-state index in [2.05, 4.69) is 12.1 Å². The van der Waals surface area contributed by atoms with E-state index in [9.17, 15) is 4.79 Å². The van der Waals surface area contributed by atoms with Crippen LogP contribution in [0.25, 0.3) is 0 Å². The van der Waals surface area contributed by atoms with Gasteiger partial charge in [-0.15, -0.1) is 0 Å². The molecule has 1 aromatic rings. The summed E-state index contributed by atoms with van der Waals surface area (Å²) < 4.78 is 16.9. The van der Waals surface area contributed by atoms with Crippen molar-refractivity contribution in [3.63, 3.8) is 0 Å². The van der Waals surface area contributed by atoms with Gasteiger partial charge in [0.15, 0.2) is 0 Å². The van der Waals surface area contributed by atoms with E-state index in [1.807, 2.05) is 43.9 Å². The Morgan fingerprint density at radius 3 is 2.62 bits per heavy atom. The van der Waals surface area contributed by atoms with Crippen LogP contribution in [0.2, 0.25) is 0 Å². The molecule has 5 nitrogen and oxygen atoms in total. The number of rotatable bonds is 7. The summed E-state index contributed by atoms with van der Waals surface area (Å²) in [5.41, 5.74) is 0.695. The lowest BCUT2D eigenvalue weighted by Gasteiger charge is -2.37. The molecule has 1 unspecified atom stereocenters. The van der Waals surface area contributed by atoms with Gasteiger partial charge < -0.3 is 19.1 Å². The Bertz CT molecular complexity index is 541. The van der Waals surface area contributed by atoms with Crippen molar-refractivity contribution in [2.45, 2.75) is 51.7 Å². The number of likely N-dealkylation sites (tertiary alicyclic amines) is 1. The SMILES string of the molecule is COCCCO[C@@H](c1ccccc1)C1CCCN(C(=O)OC(C)(C)C)C1. The number of piperidine rings is 1. The number of carbonyl (C=O) groups excluding carboxylic acids is 1. The Morgan fingerprint density at radius 2 is 1.96 bits per heavy atom. The van der Waals surface area contributed by atoms with Gasteiger partial charge >= 0.3 is 6.09 Å². The third-order valence-electron chi connectivity index (χ3n) is 4.46. The lowest BCUT2D eigenvalue weighted by molar-refractivity contribution is -0.0296. The molecular weight excluding hydrogens is 330 g/mol. The molecule has 0 N–H and O–H groups in total. The number of carbonyl (C=O) groups is 1. The fourth-order valence-corrected chi connectivity index (χ4v) is 3.31. The number of ether oxygens (including phenoxy) is 3. The molecule has 5 heteroatoms. The summed E-state index contributed by atoms with van der Waals surface area (Å²) in [6.45, 7) is 8.45. The summed E-state index contributed by atoms with van der Waals surface area (Å²) in [5, 5.41) is 0. The highest BCUT2D eigenvalue weighted by atomic mass is 16.6. The molecule has 26 heavy (non-hydrogen) atoms. The topological polar surface area (TPSA) is 48.0 Å². The summed E-state index contributed by atoms with van der Waals surface area (Å²) in [6.07, 6.45) is 2.63. The van der Waals surface area contributed by atoms with Crippen molar-refractivity contribution in [2.75, 3.05) is 33.4 Å². The average Bonchev–Trinajstić information content (AvgIpc) is 2.61. The van der Waals surface area contributed by atoms with E-state index >= 15 is 0 Å².